The smallest absolute Gasteiger partial charge is 0.203 e. The second kappa shape index (κ2) is 22.1. The topological polar surface area (TPSA) is 36.9 Å². The number of para-hydroxylation sites is 1. The van der Waals surface area contributed by atoms with Crippen LogP contribution in [-0.2, 0) is 0 Å². The molecule has 0 radical (unpaired) electrons. The van der Waals surface area contributed by atoms with Gasteiger partial charge >= 0.3 is 0 Å². The molecular formula is C43H59F7O4. The zero-order valence-electron chi connectivity index (χ0n) is 32.2. The van der Waals surface area contributed by atoms with Gasteiger partial charge in [0.25, 0.3) is 0 Å². The molecule has 54 heavy (non-hydrogen) atoms. The van der Waals surface area contributed by atoms with Crippen molar-refractivity contribution in [2.45, 2.75) is 128 Å². The number of hydrogen-bond donors (Lipinski definition) is 0. The van der Waals surface area contributed by atoms with Crippen molar-refractivity contribution in [1.29, 1.82) is 0 Å². The molecule has 0 saturated heterocycles. The van der Waals surface area contributed by atoms with Crippen LogP contribution in [0.15, 0.2) is 66.7 Å². The van der Waals surface area contributed by atoms with Gasteiger partial charge in [0.15, 0.2) is 52.1 Å². The summed E-state index contributed by atoms with van der Waals surface area (Å²) in [6.07, 6.45) is 0.0203. The van der Waals surface area contributed by atoms with Crippen LogP contribution in [0.5, 0.6) is 23.0 Å². The fraction of sp³-hybridized carbons (Fsp3) is 0.442. The summed E-state index contributed by atoms with van der Waals surface area (Å²) < 4.78 is 112. The number of halogens is 7. The van der Waals surface area contributed by atoms with E-state index < -0.39 is 40.3 Å². The quantitative estimate of drug-likeness (QED) is 0.150. The first-order valence-electron chi connectivity index (χ1n) is 16.5. The summed E-state index contributed by atoms with van der Waals surface area (Å²) in [4.78, 5) is 0. The Bertz CT molecular complexity index is 1710. The molecule has 0 aromatic heterocycles. The van der Waals surface area contributed by atoms with E-state index >= 15 is 0 Å². The monoisotopic (exact) mass is 772 g/mol. The fourth-order valence-electron chi connectivity index (χ4n) is 3.77. The first-order chi connectivity index (χ1) is 23.7. The molecule has 4 rings (SSSR count). The molecule has 0 aliphatic rings. The number of benzene rings is 4. The molecule has 11 heteroatoms. The van der Waals surface area contributed by atoms with Crippen molar-refractivity contribution >= 4 is 0 Å². The third-order valence-corrected chi connectivity index (χ3v) is 5.75. The predicted octanol–water partition coefficient (Wildman–Crippen LogP) is 13.9. The Kier molecular flexibility index (Phi) is 21.1. The summed E-state index contributed by atoms with van der Waals surface area (Å²) >= 11 is 0. The first kappa shape index (κ1) is 51.7. The lowest BCUT2D eigenvalue weighted by Gasteiger charge is -2.21. The van der Waals surface area contributed by atoms with E-state index in [-0.39, 0.29) is 55.3 Å². The van der Waals surface area contributed by atoms with Gasteiger partial charge in [0, 0.05) is 6.07 Å². The van der Waals surface area contributed by atoms with Crippen molar-refractivity contribution in [3.05, 3.63) is 119 Å². The lowest BCUT2D eigenvalue weighted by molar-refractivity contribution is 0.122. The van der Waals surface area contributed by atoms with Gasteiger partial charge in [-0.2, -0.15) is 4.39 Å². The molecule has 0 aliphatic carbocycles. The van der Waals surface area contributed by atoms with Crippen LogP contribution in [0.25, 0.3) is 0 Å². The van der Waals surface area contributed by atoms with Gasteiger partial charge in [0.05, 0.1) is 6.10 Å². The summed E-state index contributed by atoms with van der Waals surface area (Å²) in [7, 11) is 0. The molecule has 304 valence electrons. The molecule has 0 saturated carbocycles. The average Bonchev–Trinajstić information content (AvgIpc) is 2.98. The average molecular weight is 773 g/mol. The lowest BCUT2D eigenvalue weighted by Crippen LogP contribution is -2.23. The van der Waals surface area contributed by atoms with Crippen LogP contribution in [0.3, 0.4) is 0 Å². The van der Waals surface area contributed by atoms with Gasteiger partial charge in [-0.25, -0.2) is 26.3 Å². The van der Waals surface area contributed by atoms with Crippen molar-refractivity contribution in [2.75, 3.05) is 0 Å². The third kappa shape index (κ3) is 20.2. The minimum Gasteiger partial charge on any atom is -0.488 e. The molecule has 0 bridgehead atoms. The van der Waals surface area contributed by atoms with Gasteiger partial charge in [0.1, 0.15) is 22.6 Å². The molecule has 0 atom stereocenters. The zero-order valence-corrected chi connectivity index (χ0v) is 32.2. The second-order valence-corrected chi connectivity index (χ2v) is 14.9. The Hall–Kier alpha value is -4.41. The summed E-state index contributed by atoms with van der Waals surface area (Å²) in [5.74, 6) is -5.28. The zero-order chi connectivity index (χ0) is 40.2. The summed E-state index contributed by atoms with van der Waals surface area (Å²) in [6.45, 7) is 23.2. The molecule has 0 fully saturated rings. The normalized spacial score (nSPS) is 10.8. The minimum absolute atomic E-state index is 0. The molecule has 0 heterocycles. The van der Waals surface area contributed by atoms with Crippen molar-refractivity contribution < 1.29 is 49.7 Å². The predicted molar refractivity (Wildman–Crippen MR) is 205 cm³/mol. The van der Waals surface area contributed by atoms with Gasteiger partial charge in [-0.15, -0.1) is 0 Å². The highest BCUT2D eigenvalue weighted by molar-refractivity contribution is 5.31. The summed E-state index contributed by atoms with van der Waals surface area (Å²) in [6, 6.07) is 15.5. The van der Waals surface area contributed by atoms with Gasteiger partial charge in [-0.1, -0.05) is 33.1 Å². The third-order valence-electron chi connectivity index (χ3n) is 5.75. The van der Waals surface area contributed by atoms with E-state index in [0.29, 0.717) is 11.5 Å². The molecule has 0 N–H and O–H groups in total. The Labute approximate surface area is 318 Å². The number of aryl methyl sites for hydroxylation is 2. The van der Waals surface area contributed by atoms with Crippen LogP contribution in [0.2, 0.25) is 0 Å². The highest BCUT2D eigenvalue weighted by Gasteiger charge is 2.20. The van der Waals surface area contributed by atoms with Crippen molar-refractivity contribution in [3.8, 4) is 23.0 Å². The highest BCUT2D eigenvalue weighted by atomic mass is 19.2. The standard InChI is InChI=1S/C11H14F2O.C11H15FO.C10H11F3O.C9H11FO.2CH4/c1-7-5-9(13)10(6-8(7)12)14-11(2,3)4;1-8-5-6-10(9(12)7-8)13-11(2,3)4;1-10(2,3)14-7-5-4-6(11)8(12)9(7)13;1-7(2)11-9-6-4-3-5-8(9)10;;/h5-6H,1-4H3;5-7H,1-4H3;4-5H,1-3H3;3-7H,1-2H3;2*1H4. The molecule has 0 spiro atoms. The Morgan fingerprint density at radius 2 is 0.907 bits per heavy atom. The number of hydrogen-bond acceptors (Lipinski definition) is 4. The van der Waals surface area contributed by atoms with Crippen LogP contribution >= 0.6 is 0 Å². The molecule has 4 aromatic rings. The molecular weight excluding hydrogens is 713 g/mol. The minimum atomic E-state index is -1.51. The fourth-order valence-corrected chi connectivity index (χ4v) is 3.77. The van der Waals surface area contributed by atoms with Crippen LogP contribution in [0.4, 0.5) is 30.7 Å². The van der Waals surface area contributed by atoms with Crippen LogP contribution in [-0.4, -0.2) is 22.9 Å². The van der Waals surface area contributed by atoms with Crippen LogP contribution in [0, 0.1) is 54.6 Å². The van der Waals surface area contributed by atoms with Gasteiger partial charge < -0.3 is 18.9 Å². The molecule has 0 unspecified atom stereocenters. The summed E-state index contributed by atoms with van der Waals surface area (Å²) in [5, 5.41) is 0. The highest BCUT2D eigenvalue weighted by Crippen LogP contribution is 2.27. The Morgan fingerprint density at radius 3 is 1.39 bits per heavy atom. The van der Waals surface area contributed by atoms with E-state index in [9.17, 15) is 30.7 Å². The number of ether oxygens (including phenoxy) is 4. The van der Waals surface area contributed by atoms with Gasteiger partial charge in [-0.3, -0.25) is 0 Å². The second-order valence-electron chi connectivity index (χ2n) is 14.9. The van der Waals surface area contributed by atoms with E-state index in [2.05, 4.69) is 0 Å². The molecule has 0 aliphatic heterocycles. The number of rotatable bonds is 5. The van der Waals surface area contributed by atoms with E-state index in [0.717, 1.165) is 29.8 Å². The summed E-state index contributed by atoms with van der Waals surface area (Å²) in [5.41, 5.74) is -0.341. The van der Waals surface area contributed by atoms with Gasteiger partial charge in [-0.05, 0) is 144 Å². The van der Waals surface area contributed by atoms with Crippen molar-refractivity contribution in [2.24, 2.45) is 0 Å². The van der Waals surface area contributed by atoms with Crippen LogP contribution in [0.1, 0.15) is 102 Å². The van der Waals surface area contributed by atoms with Crippen molar-refractivity contribution in [1.82, 2.24) is 0 Å². The van der Waals surface area contributed by atoms with Gasteiger partial charge in [0.2, 0.25) is 5.82 Å². The molecule has 4 aromatic carbocycles. The van der Waals surface area contributed by atoms with E-state index in [4.69, 9.17) is 18.9 Å². The van der Waals surface area contributed by atoms with E-state index in [1.165, 1.54) is 19.1 Å². The molecule has 4 nitrogen and oxygen atoms in total. The SMILES string of the molecule is C.C.CC(C)(C)Oc1ccc(F)c(F)c1F.CC(C)Oc1ccccc1F.Cc1cc(F)c(OC(C)(C)C)cc1F.Cc1ccc(OC(C)(C)C)c(F)c1. The maximum absolute atomic E-state index is 13.3. The lowest BCUT2D eigenvalue weighted by atomic mass is 10.1. The van der Waals surface area contributed by atoms with E-state index in [1.807, 2.05) is 47.6 Å². The first-order valence-corrected chi connectivity index (χ1v) is 16.5. The van der Waals surface area contributed by atoms with Crippen LogP contribution < -0.4 is 18.9 Å². The maximum Gasteiger partial charge on any atom is 0.203 e. The molecule has 0 amide bonds. The maximum atomic E-state index is 13.3. The Balaban J connectivity index is 0. The Morgan fingerprint density at radius 1 is 0.444 bits per heavy atom. The van der Waals surface area contributed by atoms with E-state index in [1.54, 1.807) is 65.8 Å². The largest absolute Gasteiger partial charge is 0.488 e. The van der Waals surface area contributed by atoms with Crippen molar-refractivity contribution in [3.63, 3.8) is 0 Å².